The van der Waals surface area contributed by atoms with Gasteiger partial charge >= 0.3 is 0 Å². The maximum atomic E-state index is 11.6. The molecule has 0 spiro atoms. The van der Waals surface area contributed by atoms with Gasteiger partial charge in [-0.3, -0.25) is 9.20 Å². The molecular formula is C10H10IN3O2. The van der Waals surface area contributed by atoms with Crippen LogP contribution in [0, 0.1) is 3.70 Å². The third kappa shape index (κ3) is 1.73. The Balaban J connectivity index is 2.69. The van der Waals surface area contributed by atoms with Crippen LogP contribution in [0.15, 0.2) is 18.5 Å². The van der Waals surface area contributed by atoms with E-state index in [0.717, 1.165) is 9.35 Å². The second kappa shape index (κ2) is 4.28. The molecule has 0 bridgehead atoms. The van der Waals surface area contributed by atoms with Crippen molar-refractivity contribution in [2.24, 2.45) is 0 Å². The molecule has 1 amide bonds. The Bertz CT molecular complexity index is 550. The van der Waals surface area contributed by atoms with E-state index in [-0.39, 0.29) is 5.91 Å². The number of ether oxygens (including phenoxy) is 1. The van der Waals surface area contributed by atoms with Gasteiger partial charge < -0.3 is 10.1 Å². The summed E-state index contributed by atoms with van der Waals surface area (Å²) < 4.78 is 7.95. The maximum Gasteiger partial charge on any atom is 0.256 e. The highest BCUT2D eigenvalue weighted by molar-refractivity contribution is 14.1. The summed E-state index contributed by atoms with van der Waals surface area (Å²) in [5.41, 5.74) is 1.25. The first kappa shape index (κ1) is 11.2. The zero-order chi connectivity index (χ0) is 11.7. The lowest BCUT2D eigenvalue weighted by Crippen LogP contribution is -2.19. The minimum atomic E-state index is -0.178. The monoisotopic (exact) mass is 331 g/mol. The van der Waals surface area contributed by atoms with Crippen LogP contribution in [0.1, 0.15) is 10.4 Å². The van der Waals surface area contributed by atoms with Crippen molar-refractivity contribution in [2.45, 2.75) is 0 Å². The van der Waals surface area contributed by atoms with E-state index in [1.54, 1.807) is 25.5 Å². The number of carbonyl (C=O) groups is 1. The summed E-state index contributed by atoms with van der Waals surface area (Å²) in [6.07, 6.45) is 3.46. The summed E-state index contributed by atoms with van der Waals surface area (Å²) in [6, 6.07) is 1.74. The summed E-state index contributed by atoms with van der Waals surface area (Å²) in [5, 5.41) is 2.58. The Kier molecular flexibility index (Phi) is 2.99. The average Bonchev–Trinajstić information content (AvgIpc) is 2.68. The molecule has 2 aromatic heterocycles. The Morgan fingerprint density at radius 3 is 3.00 bits per heavy atom. The van der Waals surface area contributed by atoms with E-state index in [2.05, 4.69) is 32.9 Å². The van der Waals surface area contributed by atoms with Crippen LogP contribution in [0.5, 0.6) is 5.75 Å². The predicted molar refractivity (Wildman–Crippen MR) is 67.9 cm³/mol. The van der Waals surface area contributed by atoms with Crippen molar-refractivity contribution in [3.63, 3.8) is 0 Å². The third-order valence-electron chi connectivity index (χ3n) is 2.26. The fraction of sp³-hybridized carbons (Fsp3) is 0.200. The molecule has 0 atom stereocenters. The van der Waals surface area contributed by atoms with Gasteiger partial charge in [-0.2, -0.15) is 0 Å². The van der Waals surface area contributed by atoms with Gasteiger partial charge in [-0.25, -0.2) is 4.98 Å². The fourth-order valence-electron chi connectivity index (χ4n) is 1.45. The normalized spacial score (nSPS) is 10.4. The molecule has 2 rings (SSSR count). The molecule has 0 saturated carbocycles. The minimum Gasteiger partial charge on any atom is -0.496 e. The second-order valence-corrected chi connectivity index (χ2v) is 4.25. The van der Waals surface area contributed by atoms with Gasteiger partial charge in [-0.15, -0.1) is 0 Å². The number of fused-ring (bicyclic) bond motifs is 1. The molecule has 16 heavy (non-hydrogen) atoms. The van der Waals surface area contributed by atoms with Gasteiger partial charge in [-0.05, 0) is 22.6 Å². The van der Waals surface area contributed by atoms with E-state index in [9.17, 15) is 4.79 Å². The summed E-state index contributed by atoms with van der Waals surface area (Å²) in [6.45, 7) is 0. The molecule has 0 aliphatic rings. The van der Waals surface area contributed by atoms with Crippen LogP contribution in [0.3, 0.4) is 0 Å². The van der Waals surface area contributed by atoms with E-state index in [1.165, 1.54) is 7.11 Å². The number of nitrogens with one attached hydrogen (secondary N) is 1. The first-order valence-electron chi connectivity index (χ1n) is 4.60. The number of rotatable bonds is 2. The van der Waals surface area contributed by atoms with Crippen molar-refractivity contribution in [1.29, 1.82) is 0 Å². The Morgan fingerprint density at radius 2 is 2.38 bits per heavy atom. The number of methoxy groups -OCH3 is 1. The van der Waals surface area contributed by atoms with Crippen LogP contribution in [0.4, 0.5) is 0 Å². The number of aromatic nitrogens is 2. The van der Waals surface area contributed by atoms with Crippen LogP contribution < -0.4 is 10.1 Å². The number of amides is 1. The van der Waals surface area contributed by atoms with Gasteiger partial charge in [0, 0.05) is 19.3 Å². The molecule has 6 heteroatoms. The van der Waals surface area contributed by atoms with Crippen molar-refractivity contribution in [3.8, 4) is 5.75 Å². The van der Waals surface area contributed by atoms with Gasteiger partial charge in [0.2, 0.25) is 0 Å². The van der Waals surface area contributed by atoms with E-state index in [4.69, 9.17) is 4.74 Å². The molecule has 1 N–H and O–H groups in total. The van der Waals surface area contributed by atoms with E-state index in [1.807, 2.05) is 4.40 Å². The standard InChI is InChI=1S/C10H10IN3O2/c1-12-10(15)6-5-14-8(11)4-13-9(14)3-7(6)16-2/h3-5H,1-2H3,(H,12,15). The highest BCUT2D eigenvalue weighted by atomic mass is 127. The van der Waals surface area contributed by atoms with Crippen LogP contribution in [0.25, 0.3) is 5.65 Å². The molecule has 84 valence electrons. The summed E-state index contributed by atoms with van der Waals surface area (Å²) >= 11 is 2.16. The second-order valence-electron chi connectivity index (χ2n) is 3.14. The number of halogens is 1. The lowest BCUT2D eigenvalue weighted by molar-refractivity contribution is 0.0959. The smallest absolute Gasteiger partial charge is 0.256 e. The molecule has 0 radical (unpaired) electrons. The highest BCUT2D eigenvalue weighted by Crippen LogP contribution is 2.21. The van der Waals surface area contributed by atoms with Crippen molar-refractivity contribution >= 4 is 34.1 Å². The molecule has 0 unspecified atom stereocenters. The third-order valence-corrected chi connectivity index (χ3v) is 3.05. The number of nitrogens with zero attached hydrogens (tertiary/aromatic N) is 2. The van der Waals surface area contributed by atoms with E-state index < -0.39 is 0 Å². The van der Waals surface area contributed by atoms with E-state index in [0.29, 0.717) is 11.3 Å². The molecule has 2 heterocycles. The van der Waals surface area contributed by atoms with Crippen LogP contribution in [-0.4, -0.2) is 29.4 Å². The van der Waals surface area contributed by atoms with Crippen LogP contribution >= 0.6 is 22.6 Å². The van der Waals surface area contributed by atoms with Gasteiger partial charge in [0.05, 0.1) is 18.9 Å². The van der Waals surface area contributed by atoms with E-state index >= 15 is 0 Å². The van der Waals surface area contributed by atoms with Crippen LogP contribution in [-0.2, 0) is 0 Å². The maximum absolute atomic E-state index is 11.6. The SMILES string of the molecule is CNC(=O)c1cn2c(I)cnc2cc1OC. The predicted octanol–water partition coefficient (Wildman–Crippen LogP) is 1.31. The Morgan fingerprint density at radius 1 is 1.62 bits per heavy atom. The molecule has 0 saturated heterocycles. The molecule has 5 nitrogen and oxygen atoms in total. The van der Waals surface area contributed by atoms with Crippen molar-refractivity contribution in [1.82, 2.24) is 14.7 Å². The Hall–Kier alpha value is -1.31. The van der Waals surface area contributed by atoms with Gasteiger partial charge in [0.25, 0.3) is 5.91 Å². The number of hydrogen-bond donors (Lipinski definition) is 1. The number of carbonyl (C=O) groups excluding carboxylic acids is 1. The molecule has 2 aromatic rings. The van der Waals surface area contributed by atoms with Gasteiger partial charge in [0.1, 0.15) is 15.1 Å². The zero-order valence-electron chi connectivity index (χ0n) is 8.82. The average molecular weight is 331 g/mol. The molecule has 0 aliphatic heterocycles. The summed E-state index contributed by atoms with van der Waals surface area (Å²) in [7, 11) is 3.12. The topological polar surface area (TPSA) is 55.6 Å². The lowest BCUT2D eigenvalue weighted by Gasteiger charge is -2.08. The quantitative estimate of drug-likeness (QED) is 0.845. The molecular weight excluding hydrogens is 321 g/mol. The van der Waals surface area contributed by atoms with Gasteiger partial charge in [-0.1, -0.05) is 0 Å². The largest absolute Gasteiger partial charge is 0.496 e. The zero-order valence-corrected chi connectivity index (χ0v) is 11.0. The number of hydrogen-bond acceptors (Lipinski definition) is 3. The summed E-state index contributed by atoms with van der Waals surface area (Å²) in [4.78, 5) is 15.8. The first-order chi connectivity index (χ1) is 7.67. The van der Waals surface area contributed by atoms with Gasteiger partial charge in [0.15, 0.2) is 0 Å². The van der Waals surface area contributed by atoms with Crippen molar-refractivity contribution < 1.29 is 9.53 Å². The number of imidazole rings is 1. The molecule has 0 fully saturated rings. The Labute approximate surface area is 106 Å². The van der Waals surface area contributed by atoms with Crippen LogP contribution in [0.2, 0.25) is 0 Å². The van der Waals surface area contributed by atoms with Crippen molar-refractivity contribution in [3.05, 3.63) is 27.7 Å². The molecule has 0 aromatic carbocycles. The van der Waals surface area contributed by atoms with Crippen molar-refractivity contribution in [2.75, 3.05) is 14.2 Å². The fourth-order valence-corrected chi connectivity index (χ4v) is 1.98. The highest BCUT2D eigenvalue weighted by Gasteiger charge is 2.13. The first-order valence-corrected chi connectivity index (χ1v) is 5.68. The lowest BCUT2D eigenvalue weighted by atomic mass is 10.2. The number of pyridine rings is 1. The minimum absolute atomic E-state index is 0.178. The molecule has 0 aliphatic carbocycles. The summed E-state index contributed by atoms with van der Waals surface area (Å²) in [5.74, 6) is 0.345.